The molecule has 0 aliphatic rings. The van der Waals surface area contributed by atoms with Crippen molar-refractivity contribution in [3.63, 3.8) is 0 Å². The molecule has 2 rings (SSSR count). The molecule has 4 nitrogen and oxygen atoms in total. The molecule has 0 spiro atoms. The van der Waals surface area contributed by atoms with Crippen LogP contribution in [0.3, 0.4) is 0 Å². The summed E-state index contributed by atoms with van der Waals surface area (Å²) < 4.78 is 1.54. The molecule has 0 aromatic carbocycles. The number of hydrogen-bond acceptors (Lipinski definition) is 3. The second kappa shape index (κ2) is 6.38. The van der Waals surface area contributed by atoms with Gasteiger partial charge >= 0.3 is 32.7 Å². The van der Waals surface area contributed by atoms with Crippen LogP contribution in [0, 0.1) is 6.61 Å². The first kappa shape index (κ1) is 14.5. The van der Waals surface area contributed by atoms with Gasteiger partial charge in [-0.3, -0.25) is 9.36 Å². The number of aliphatic hydroxyl groups is 1. The van der Waals surface area contributed by atoms with Gasteiger partial charge in [0.05, 0.1) is 0 Å². The Kier molecular flexibility index (Phi) is 5.44. The second-order valence-corrected chi connectivity index (χ2v) is 3.67. The molecule has 1 N–H and O–H groups in total. The van der Waals surface area contributed by atoms with Crippen molar-refractivity contribution >= 4 is 11.0 Å². The normalized spacial score (nSPS) is 10.2. The van der Waals surface area contributed by atoms with Gasteiger partial charge in [-0.25, -0.2) is 11.6 Å². The molecule has 0 fully saturated rings. The average molecular weight is 306 g/mol. The summed E-state index contributed by atoms with van der Waals surface area (Å²) in [6, 6.07) is 5.61. The van der Waals surface area contributed by atoms with Gasteiger partial charge in [0.15, 0.2) is 0 Å². The Morgan fingerprint density at radius 2 is 2.29 bits per heavy atom. The second-order valence-electron chi connectivity index (χ2n) is 3.67. The Balaban J connectivity index is 0.00000144. The molecule has 0 aliphatic carbocycles. The van der Waals surface area contributed by atoms with E-state index in [0.29, 0.717) is 24.1 Å². The van der Waals surface area contributed by atoms with Gasteiger partial charge in [0.2, 0.25) is 0 Å². The number of fused-ring (bicyclic) bond motifs is 1. The minimum atomic E-state index is -0.0481. The van der Waals surface area contributed by atoms with Crippen LogP contribution in [-0.2, 0) is 46.2 Å². The van der Waals surface area contributed by atoms with Crippen molar-refractivity contribution < 1.29 is 37.8 Å². The summed E-state index contributed by atoms with van der Waals surface area (Å²) in [5, 5.41) is 9.60. The maximum absolute atomic E-state index is 11.9. The van der Waals surface area contributed by atoms with Crippen LogP contribution in [-0.4, -0.2) is 14.7 Å². The predicted octanol–water partition coefficient (Wildman–Crippen LogP) is 1.40. The van der Waals surface area contributed by atoms with Crippen LogP contribution in [0.15, 0.2) is 29.2 Å². The molecule has 2 heterocycles. The van der Waals surface area contributed by atoms with E-state index in [1.165, 1.54) is 0 Å². The average Bonchev–Trinajstić information content (AvgIpc) is 2.32. The number of rotatable bonds is 3. The maximum atomic E-state index is 11.9. The van der Waals surface area contributed by atoms with E-state index in [1.54, 1.807) is 17.8 Å². The van der Waals surface area contributed by atoms with Crippen molar-refractivity contribution in [2.75, 3.05) is 0 Å². The molecule has 5 heteroatoms. The topological polar surface area (TPSA) is 55.1 Å². The first-order valence-corrected chi connectivity index (χ1v) is 5.13. The van der Waals surface area contributed by atoms with Gasteiger partial charge in [0, 0.05) is 24.2 Å². The van der Waals surface area contributed by atoms with Gasteiger partial charge in [0.25, 0.3) is 5.56 Å². The first-order valence-electron chi connectivity index (χ1n) is 5.13. The Bertz CT molecular complexity index is 566. The molecule has 0 aliphatic heterocycles. The van der Waals surface area contributed by atoms with Crippen LogP contribution in [0.5, 0.6) is 0 Å². The molecule has 0 unspecified atom stereocenters. The molecule has 0 bridgehead atoms. The van der Waals surface area contributed by atoms with E-state index >= 15 is 0 Å². The van der Waals surface area contributed by atoms with Crippen molar-refractivity contribution in [1.29, 1.82) is 0 Å². The zero-order valence-corrected chi connectivity index (χ0v) is 12.5. The van der Waals surface area contributed by atoms with Crippen molar-refractivity contribution in [2.24, 2.45) is 7.05 Å². The zero-order chi connectivity index (χ0) is 11.5. The molecule has 2 aromatic heterocycles. The molecular formula is C12H13N2O2Y+2. The summed E-state index contributed by atoms with van der Waals surface area (Å²) in [4.78, 5) is 16.1. The Morgan fingerprint density at radius 3 is 3.00 bits per heavy atom. The van der Waals surface area contributed by atoms with Gasteiger partial charge in [-0.15, -0.1) is 0 Å². The molecule has 0 saturated heterocycles. The predicted molar refractivity (Wildman–Crippen MR) is 61.5 cm³/mol. The van der Waals surface area contributed by atoms with Gasteiger partial charge in [-0.05, 0) is 24.6 Å². The standard InChI is InChI=1S/C12H13N2O2.Y/c1-14-11-9(4-2-6-13-11)8-10(12(14)16)5-3-7-15;/h2,4,6-8,15H,3,5H2,1H3;/q-1;+3. The molecule has 84 valence electrons. The monoisotopic (exact) mass is 306 g/mol. The minimum absolute atomic E-state index is 0. The van der Waals surface area contributed by atoms with Crippen LogP contribution >= 0.6 is 0 Å². The first-order chi connectivity index (χ1) is 7.74. The number of aromatic nitrogens is 2. The Labute approximate surface area is 125 Å². The summed E-state index contributed by atoms with van der Waals surface area (Å²) in [6.07, 6.45) is 2.71. The third-order valence-electron chi connectivity index (χ3n) is 2.59. The third kappa shape index (κ3) is 3.00. The molecular weight excluding hydrogens is 293 g/mol. The number of hydrogen-bond donors (Lipinski definition) is 1. The molecule has 17 heavy (non-hydrogen) atoms. The van der Waals surface area contributed by atoms with Crippen LogP contribution in [0.1, 0.15) is 12.0 Å². The van der Waals surface area contributed by atoms with E-state index in [1.807, 2.05) is 18.2 Å². The van der Waals surface area contributed by atoms with Crippen LogP contribution in [0.4, 0.5) is 0 Å². The van der Waals surface area contributed by atoms with E-state index in [4.69, 9.17) is 5.11 Å². The van der Waals surface area contributed by atoms with E-state index < -0.39 is 0 Å². The molecule has 0 amide bonds. The maximum Gasteiger partial charge on any atom is 3.00 e. The van der Waals surface area contributed by atoms with E-state index in [-0.39, 0.29) is 38.3 Å². The number of aliphatic hydroxyl groups excluding tert-OH is 1. The smallest absolute Gasteiger partial charge is 0.566 e. The number of pyridine rings is 2. The fourth-order valence-electron chi connectivity index (χ4n) is 1.76. The van der Waals surface area contributed by atoms with Crippen molar-refractivity contribution in [3.05, 3.63) is 46.9 Å². The SMILES string of the molecule is Cn1c(=O)c(CC[CH-]O)cc2cccnc21.[Y+3]. The van der Waals surface area contributed by atoms with Gasteiger partial charge in [0.1, 0.15) is 5.65 Å². The molecule has 0 atom stereocenters. The number of aryl methyl sites for hydroxylation is 2. The summed E-state index contributed by atoms with van der Waals surface area (Å²) >= 11 is 0. The van der Waals surface area contributed by atoms with E-state index in [2.05, 4.69) is 4.98 Å². The Hall–Kier alpha value is -0.576. The van der Waals surface area contributed by atoms with Crippen LogP contribution < -0.4 is 5.56 Å². The largest absolute Gasteiger partial charge is 3.00 e. The summed E-state index contributed by atoms with van der Waals surface area (Å²) in [5.41, 5.74) is 1.34. The zero-order valence-electron chi connectivity index (χ0n) is 9.63. The third-order valence-corrected chi connectivity index (χ3v) is 2.59. The fourth-order valence-corrected chi connectivity index (χ4v) is 1.76. The summed E-state index contributed by atoms with van der Waals surface area (Å²) in [6.45, 7) is 1.08. The van der Waals surface area contributed by atoms with E-state index in [0.717, 1.165) is 12.0 Å². The van der Waals surface area contributed by atoms with Gasteiger partial charge in [-0.1, -0.05) is 0 Å². The van der Waals surface area contributed by atoms with Gasteiger partial charge < -0.3 is 5.11 Å². The minimum Gasteiger partial charge on any atom is -0.566 e. The van der Waals surface area contributed by atoms with Crippen LogP contribution in [0.2, 0.25) is 0 Å². The number of nitrogens with zero attached hydrogens (tertiary/aromatic N) is 2. The van der Waals surface area contributed by atoms with Crippen molar-refractivity contribution in [1.82, 2.24) is 9.55 Å². The Morgan fingerprint density at radius 1 is 1.53 bits per heavy atom. The summed E-state index contributed by atoms with van der Waals surface area (Å²) in [5.74, 6) is 0. The van der Waals surface area contributed by atoms with Crippen molar-refractivity contribution in [3.8, 4) is 0 Å². The van der Waals surface area contributed by atoms with Crippen molar-refractivity contribution in [2.45, 2.75) is 12.8 Å². The molecule has 2 aromatic rings. The quantitative estimate of drug-likeness (QED) is 0.872. The van der Waals surface area contributed by atoms with E-state index in [9.17, 15) is 4.79 Å². The fraction of sp³-hybridized carbons (Fsp3) is 0.250. The van der Waals surface area contributed by atoms with Crippen LogP contribution in [0.25, 0.3) is 11.0 Å². The van der Waals surface area contributed by atoms with Gasteiger partial charge in [-0.2, -0.15) is 6.42 Å². The molecule has 0 radical (unpaired) electrons. The molecule has 0 saturated carbocycles. The summed E-state index contributed by atoms with van der Waals surface area (Å²) in [7, 11) is 1.71.